The van der Waals surface area contributed by atoms with Gasteiger partial charge >= 0.3 is 0 Å². The second kappa shape index (κ2) is 6.75. The third-order valence-corrected chi connectivity index (χ3v) is 3.82. The van der Waals surface area contributed by atoms with Gasteiger partial charge in [0.1, 0.15) is 31.0 Å². The van der Waals surface area contributed by atoms with Gasteiger partial charge in [-0.2, -0.15) is 0 Å². The summed E-state index contributed by atoms with van der Waals surface area (Å²) in [6.45, 7) is 3.01. The molecule has 0 unspecified atom stereocenters. The number of benzene rings is 1. The highest BCUT2D eigenvalue weighted by Crippen LogP contribution is 2.34. The number of ether oxygens (including phenoxy) is 2. The van der Waals surface area contributed by atoms with E-state index in [4.69, 9.17) is 15.2 Å². The summed E-state index contributed by atoms with van der Waals surface area (Å²) in [5, 5.41) is 6.31. The Kier molecular flexibility index (Phi) is 4.14. The average Bonchev–Trinajstić information content (AvgIpc) is 2.65. The summed E-state index contributed by atoms with van der Waals surface area (Å²) < 4.78 is 11.1. The van der Waals surface area contributed by atoms with Gasteiger partial charge in [0.05, 0.1) is 0 Å². The van der Waals surface area contributed by atoms with Crippen molar-refractivity contribution in [1.29, 1.82) is 0 Å². The van der Waals surface area contributed by atoms with E-state index in [1.54, 1.807) is 0 Å². The van der Waals surface area contributed by atoms with Crippen LogP contribution in [0.25, 0.3) is 0 Å². The van der Waals surface area contributed by atoms with Crippen LogP contribution in [0.4, 0.5) is 28.8 Å². The monoisotopic (exact) mass is 350 g/mol. The Labute approximate surface area is 150 Å². The zero-order chi connectivity index (χ0) is 17.9. The van der Waals surface area contributed by atoms with E-state index in [1.165, 1.54) is 6.33 Å². The Bertz CT molecular complexity index is 947. The van der Waals surface area contributed by atoms with Crippen LogP contribution in [0.3, 0.4) is 0 Å². The molecule has 0 radical (unpaired) electrons. The summed E-state index contributed by atoms with van der Waals surface area (Å²) in [6, 6.07) is 11.3. The van der Waals surface area contributed by atoms with Gasteiger partial charge in [-0.15, -0.1) is 0 Å². The Morgan fingerprint density at radius 3 is 2.54 bits per heavy atom. The molecule has 0 spiro atoms. The molecular formula is C18H18N6O2. The van der Waals surface area contributed by atoms with Gasteiger partial charge in [0.2, 0.25) is 0 Å². The fraction of sp³-hybridized carbons (Fsp3) is 0.167. The summed E-state index contributed by atoms with van der Waals surface area (Å²) in [7, 11) is 0. The number of nitrogens with zero attached hydrogens (tertiary/aromatic N) is 3. The standard InChI is InChI=1S/C18H18N6O2/c1-11-3-2-4-15(22-11)24-18-16(19)17(20-10-21-18)23-12-5-6-13-14(9-12)26-8-7-25-13/h2-6,9-10H,7-8,19H2,1H3,(H2,20,21,22,23,24). The van der Waals surface area contributed by atoms with Crippen molar-refractivity contribution in [2.45, 2.75) is 6.92 Å². The van der Waals surface area contributed by atoms with Gasteiger partial charge in [0.25, 0.3) is 0 Å². The number of hydrogen-bond acceptors (Lipinski definition) is 8. The number of nitrogen functional groups attached to an aromatic ring is 1. The molecule has 0 saturated carbocycles. The molecule has 0 amide bonds. The highest BCUT2D eigenvalue weighted by atomic mass is 16.6. The minimum Gasteiger partial charge on any atom is -0.486 e. The van der Waals surface area contributed by atoms with Crippen molar-refractivity contribution in [2.24, 2.45) is 0 Å². The maximum atomic E-state index is 6.22. The molecule has 0 atom stereocenters. The van der Waals surface area contributed by atoms with Gasteiger partial charge in [0.15, 0.2) is 23.1 Å². The number of nitrogens with two attached hydrogens (primary N) is 1. The number of aromatic nitrogens is 3. The van der Waals surface area contributed by atoms with Crippen molar-refractivity contribution in [3.8, 4) is 11.5 Å². The van der Waals surface area contributed by atoms with E-state index in [1.807, 2.05) is 43.3 Å². The van der Waals surface area contributed by atoms with Gasteiger partial charge < -0.3 is 25.8 Å². The van der Waals surface area contributed by atoms with Crippen molar-refractivity contribution < 1.29 is 9.47 Å². The lowest BCUT2D eigenvalue weighted by Crippen LogP contribution is -2.15. The number of rotatable bonds is 4. The first-order valence-electron chi connectivity index (χ1n) is 8.17. The number of pyridine rings is 1. The highest BCUT2D eigenvalue weighted by Gasteiger charge is 2.14. The minimum atomic E-state index is 0.394. The largest absolute Gasteiger partial charge is 0.486 e. The van der Waals surface area contributed by atoms with E-state index < -0.39 is 0 Å². The fourth-order valence-corrected chi connectivity index (χ4v) is 2.59. The third-order valence-electron chi connectivity index (χ3n) is 3.82. The fourth-order valence-electron chi connectivity index (χ4n) is 2.59. The molecule has 0 fully saturated rings. The van der Waals surface area contributed by atoms with Gasteiger partial charge in [0, 0.05) is 17.4 Å². The van der Waals surface area contributed by atoms with E-state index in [9.17, 15) is 0 Å². The molecular weight excluding hydrogens is 332 g/mol. The van der Waals surface area contributed by atoms with Crippen molar-refractivity contribution in [1.82, 2.24) is 15.0 Å². The van der Waals surface area contributed by atoms with E-state index in [2.05, 4.69) is 25.6 Å². The predicted octanol–water partition coefficient (Wildman–Crippen LogP) is 3.02. The maximum absolute atomic E-state index is 6.22. The van der Waals surface area contributed by atoms with Crippen LogP contribution in [-0.4, -0.2) is 28.2 Å². The normalized spacial score (nSPS) is 12.5. The maximum Gasteiger partial charge on any atom is 0.163 e. The summed E-state index contributed by atoms with van der Waals surface area (Å²) >= 11 is 0. The van der Waals surface area contributed by atoms with Crippen LogP contribution in [0.5, 0.6) is 11.5 Å². The molecule has 1 aliphatic heterocycles. The first-order valence-corrected chi connectivity index (χ1v) is 8.17. The molecule has 0 bridgehead atoms. The van der Waals surface area contributed by atoms with E-state index in [-0.39, 0.29) is 0 Å². The molecule has 8 heteroatoms. The number of fused-ring (bicyclic) bond motifs is 1. The lowest BCUT2D eigenvalue weighted by atomic mass is 10.2. The highest BCUT2D eigenvalue weighted by molar-refractivity contribution is 5.80. The Balaban J connectivity index is 1.57. The molecule has 26 heavy (non-hydrogen) atoms. The lowest BCUT2D eigenvalue weighted by Gasteiger charge is -2.19. The summed E-state index contributed by atoms with van der Waals surface area (Å²) in [4.78, 5) is 12.8. The van der Waals surface area contributed by atoms with Crippen molar-refractivity contribution in [2.75, 3.05) is 29.6 Å². The second-order valence-electron chi connectivity index (χ2n) is 5.76. The van der Waals surface area contributed by atoms with Crippen LogP contribution < -0.4 is 25.8 Å². The molecule has 4 rings (SSSR count). The molecule has 8 nitrogen and oxygen atoms in total. The first-order chi connectivity index (χ1) is 12.7. The van der Waals surface area contributed by atoms with Gasteiger partial charge in [-0.3, -0.25) is 0 Å². The van der Waals surface area contributed by atoms with Crippen LogP contribution in [0, 0.1) is 6.92 Å². The molecule has 132 valence electrons. The molecule has 4 N–H and O–H groups in total. The predicted molar refractivity (Wildman–Crippen MR) is 99.4 cm³/mol. The van der Waals surface area contributed by atoms with Crippen LogP contribution in [0.15, 0.2) is 42.7 Å². The summed E-state index contributed by atoms with van der Waals surface area (Å²) in [5.74, 6) is 3.06. The topological polar surface area (TPSA) is 107 Å². The van der Waals surface area contributed by atoms with E-state index >= 15 is 0 Å². The smallest absolute Gasteiger partial charge is 0.163 e. The Morgan fingerprint density at radius 1 is 0.962 bits per heavy atom. The van der Waals surface area contributed by atoms with Gasteiger partial charge in [-0.1, -0.05) is 6.07 Å². The van der Waals surface area contributed by atoms with E-state index in [0.717, 1.165) is 17.1 Å². The summed E-state index contributed by atoms with van der Waals surface area (Å²) in [5.41, 5.74) is 8.31. The molecule has 3 heterocycles. The lowest BCUT2D eigenvalue weighted by molar-refractivity contribution is 0.171. The molecule has 3 aromatic rings. The minimum absolute atomic E-state index is 0.394. The average molecular weight is 350 g/mol. The quantitative estimate of drug-likeness (QED) is 0.659. The molecule has 0 saturated heterocycles. The molecule has 1 aliphatic rings. The number of nitrogens with one attached hydrogen (secondary N) is 2. The second-order valence-corrected chi connectivity index (χ2v) is 5.76. The van der Waals surface area contributed by atoms with Gasteiger partial charge in [-0.25, -0.2) is 15.0 Å². The number of anilines is 5. The molecule has 2 aromatic heterocycles. The zero-order valence-corrected chi connectivity index (χ0v) is 14.2. The third kappa shape index (κ3) is 3.30. The van der Waals surface area contributed by atoms with Crippen LogP contribution in [0.1, 0.15) is 5.69 Å². The molecule has 0 aliphatic carbocycles. The first kappa shape index (κ1) is 15.9. The van der Waals surface area contributed by atoms with Crippen LogP contribution >= 0.6 is 0 Å². The van der Waals surface area contributed by atoms with Crippen molar-refractivity contribution >= 4 is 28.8 Å². The SMILES string of the molecule is Cc1cccc(Nc2ncnc(Nc3ccc4c(c3)OCCO4)c2N)n1. The Hall–Kier alpha value is -3.55. The van der Waals surface area contributed by atoms with Crippen LogP contribution in [-0.2, 0) is 0 Å². The Morgan fingerprint density at radius 2 is 1.73 bits per heavy atom. The summed E-state index contributed by atoms with van der Waals surface area (Å²) in [6.07, 6.45) is 1.44. The van der Waals surface area contributed by atoms with Crippen molar-refractivity contribution in [3.05, 3.63) is 48.4 Å². The van der Waals surface area contributed by atoms with Crippen LogP contribution in [0.2, 0.25) is 0 Å². The molecule has 1 aromatic carbocycles. The number of aryl methyl sites for hydroxylation is 1. The number of hydrogen-bond donors (Lipinski definition) is 3. The van der Waals surface area contributed by atoms with Gasteiger partial charge in [-0.05, 0) is 31.2 Å². The van der Waals surface area contributed by atoms with E-state index in [0.29, 0.717) is 42.1 Å². The van der Waals surface area contributed by atoms with Crippen molar-refractivity contribution in [3.63, 3.8) is 0 Å². The zero-order valence-electron chi connectivity index (χ0n) is 14.2.